The standard InChI is InChI=1S/C22H25NO4/c1-14-4-5-17-16(10-14)21-18(24)11-15(12-19(21)27-22(17,2)3)13-20(25)23-6-8-26-9-7-23/h4-5,10-12,24H,6-9,13H2,1-3H3. The highest BCUT2D eigenvalue weighted by atomic mass is 16.5. The molecule has 5 heteroatoms. The lowest BCUT2D eigenvalue weighted by Gasteiger charge is -2.35. The van der Waals surface area contributed by atoms with Crippen LogP contribution < -0.4 is 4.74 Å². The van der Waals surface area contributed by atoms with Crippen molar-refractivity contribution in [1.82, 2.24) is 4.90 Å². The van der Waals surface area contributed by atoms with Crippen molar-refractivity contribution >= 4 is 5.91 Å². The lowest BCUT2D eigenvalue weighted by Crippen LogP contribution is -2.41. The quantitative estimate of drug-likeness (QED) is 0.884. The molecule has 0 radical (unpaired) electrons. The van der Waals surface area contributed by atoms with Gasteiger partial charge in [0.2, 0.25) is 5.91 Å². The number of rotatable bonds is 2. The van der Waals surface area contributed by atoms with Gasteiger partial charge in [-0.1, -0.05) is 23.8 Å². The van der Waals surface area contributed by atoms with E-state index in [2.05, 4.69) is 18.2 Å². The van der Waals surface area contributed by atoms with Gasteiger partial charge in [0, 0.05) is 18.7 Å². The molecule has 2 heterocycles. The average molecular weight is 367 g/mol. The summed E-state index contributed by atoms with van der Waals surface area (Å²) >= 11 is 0. The molecule has 0 atom stereocenters. The second-order valence-electron chi connectivity index (χ2n) is 7.82. The Morgan fingerprint density at radius 2 is 1.93 bits per heavy atom. The molecule has 2 aromatic rings. The summed E-state index contributed by atoms with van der Waals surface area (Å²) in [6, 6.07) is 9.77. The van der Waals surface area contributed by atoms with Gasteiger partial charge in [0.05, 0.1) is 25.2 Å². The lowest BCUT2D eigenvalue weighted by atomic mass is 9.84. The number of carbonyl (C=O) groups excluding carboxylic acids is 1. The number of phenolic OH excluding ortho intramolecular Hbond substituents is 1. The fourth-order valence-electron chi connectivity index (χ4n) is 3.93. The topological polar surface area (TPSA) is 59.0 Å². The van der Waals surface area contributed by atoms with E-state index >= 15 is 0 Å². The summed E-state index contributed by atoms with van der Waals surface area (Å²) in [4.78, 5) is 14.4. The van der Waals surface area contributed by atoms with Crippen LogP contribution in [0, 0.1) is 6.92 Å². The highest BCUT2D eigenvalue weighted by Crippen LogP contribution is 2.49. The Morgan fingerprint density at radius 3 is 2.67 bits per heavy atom. The number of phenols is 1. The van der Waals surface area contributed by atoms with Gasteiger partial charge in [-0.15, -0.1) is 0 Å². The molecule has 1 amide bonds. The van der Waals surface area contributed by atoms with Crippen LogP contribution >= 0.6 is 0 Å². The molecule has 0 aromatic heterocycles. The zero-order chi connectivity index (χ0) is 19.2. The molecule has 0 spiro atoms. The molecular weight excluding hydrogens is 342 g/mol. The van der Waals surface area contributed by atoms with Crippen LogP contribution in [-0.2, 0) is 21.6 Å². The maximum atomic E-state index is 12.6. The number of morpholine rings is 1. The Morgan fingerprint density at radius 1 is 1.19 bits per heavy atom. The zero-order valence-corrected chi connectivity index (χ0v) is 16.0. The second-order valence-corrected chi connectivity index (χ2v) is 7.82. The van der Waals surface area contributed by atoms with Crippen molar-refractivity contribution < 1.29 is 19.4 Å². The van der Waals surface area contributed by atoms with Crippen molar-refractivity contribution in [2.24, 2.45) is 0 Å². The number of amides is 1. The van der Waals surface area contributed by atoms with E-state index in [1.54, 1.807) is 6.07 Å². The summed E-state index contributed by atoms with van der Waals surface area (Å²) in [5.41, 5.74) is 4.13. The normalized spacial score (nSPS) is 17.7. The monoisotopic (exact) mass is 367 g/mol. The summed E-state index contributed by atoms with van der Waals surface area (Å²) in [7, 11) is 0. The van der Waals surface area contributed by atoms with E-state index in [1.165, 1.54) is 0 Å². The van der Waals surface area contributed by atoms with E-state index in [9.17, 15) is 9.90 Å². The predicted molar refractivity (Wildman–Crippen MR) is 103 cm³/mol. The molecule has 0 saturated carbocycles. The Hall–Kier alpha value is -2.53. The summed E-state index contributed by atoms with van der Waals surface area (Å²) in [5.74, 6) is 0.825. The minimum Gasteiger partial charge on any atom is -0.507 e. The molecule has 2 aliphatic rings. The summed E-state index contributed by atoms with van der Waals surface area (Å²) < 4.78 is 11.5. The highest BCUT2D eigenvalue weighted by Gasteiger charge is 2.34. The first-order valence-corrected chi connectivity index (χ1v) is 9.37. The van der Waals surface area contributed by atoms with Crippen LogP contribution in [0.2, 0.25) is 0 Å². The summed E-state index contributed by atoms with van der Waals surface area (Å²) in [6.45, 7) is 8.47. The van der Waals surface area contributed by atoms with Gasteiger partial charge in [-0.25, -0.2) is 0 Å². The number of fused-ring (bicyclic) bond motifs is 3. The van der Waals surface area contributed by atoms with Gasteiger partial charge in [0.1, 0.15) is 17.1 Å². The number of nitrogens with zero attached hydrogens (tertiary/aromatic N) is 1. The number of benzene rings is 2. The summed E-state index contributed by atoms with van der Waals surface area (Å²) in [6.07, 6.45) is 0.241. The molecule has 1 fully saturated rings. The molecule has 27 heavy (non-hydrogen) atoms. The third-order valence-electron chi connectivity index (χ3n) is 5.32. The maximum absolute atomic E-state index is 12.6. The number of carbonyl (C=O) groups is 1. The maximum Gasteiger partial charge on any atom is 0.227 e. The molecule has 4 rings (SSSR count). The zero-order valence-electron chi connectivity index (χ0n) is 16.0. The predicted octanol–water partition coefficient (Wildman–Crippen LogP) is 3.40. The SMILES string of the molecule is Cc1ccc2c(c1)-c1c(O)cc(CC(=O)N3CCOCC3)cc1OC2(C)C. The largest absolute Gasteiger partial charge is 0.507 e. The van der Waals surface area contributed by atoms with E-state index in [0.29, 0.717) is 37.6 Å². The Bertz CT molecular complexity index is 897. The van der Waals surface area contributed by atoms with Crippen LogP contribution in [0.5, 0.6) is 11.5 Å². The third kappa shape index (κ3) is 3.28. The van der Waals surface area contributed by atoms with Crippen LogP contribution in [0.3, 0.4) is 0 Å². The van der Waals surface area contributed by atoms with Gasteiger partial charge < -0.3 is 19.5 Å². The van der Waals surface area contributed by atoms with Gasteiger partial charge in [0.15, 0.2) is 0 Å². The van der Waals surface area contributed by atoms with Crippen LogP contribution in [-0.4, -0.2) is 42.2 Å². The molecule has 142 valence electrons. The van der Waals surface area contributed by atoms with Crippen LogP contribution in [0.4, 0.5) is 0 Å². The van der Waals surface area contributed by atoms with Gasteiger partial charge in [-0.3, -0.25) is 4.79 Å². The van der Waals surface area contributed by atoms with Crippen LogP contribution in [0.1, 0.15) is 30.5 Å². The highest BCUT2D eigenvalue weighted by molar-refractivity contribution is 5.84. The van der Waals surface area contributed by atoms with E-state index in [4.69, 9.17) is 9.47 Å². The smallest absolute Gasteiger partial charge is 0.227 e. The summed E-state index contributed by atoms with van der Waals surface area (Å²) in [5, 5.41) is 10.7. The molecule has 2 aliphatic heterocycles. The first-order chi connectivity index (χ1) is 12.8. The van der Waals surface area contributed by atoms with E-state index < -0.39 is 5.60 Å². The van der Waals surface area contributed by atoms with Gasteiger partial charge in [0.25, 0.3) is 0 Å². The molecule has 0 bridgehead atoms. The Kier molecular flexibility index (Phi) is 4.35. The van der Waals surface area contributed by atoms with Crippen molar-refractivity contribution in [1.29, 1.82) is 0 Å². The molecular formula is C22H25NO4. The molecule has 1 N–H and O–H groups in total. The van der Waals surface area contributed by atoms with Crippen molar-refractivity contribution in [3.63, 3.8) is 0 Å². The third-order valence-corrected chi connectivity index (χ3v) is 5.32. The van der Waals surface area contributed by atoms with Crippen molar-refractivity contribution in [3.8, 4) is 22.6 Å². The number of aromatic hydroxyl groups is 1. The minimum absolute atomic E-state index is 0.0453. The fraction of sp³-hybridized carbons (Fsp3) is 0.409. The molecule has 0 aliphatic carbocycles. The van der Waals surface area contributed by atoms with Gasteiger partial charge in [-0.2, -0.15) is 0 Å². The number of ether oxygens (including phenoxy) is 2. The second kappa shape index (κ2) is 6.57. The molecule has 5 nitrogen and oxygen atoms in total. The van der Waals surface area contributed by atoms with Gasteiger partial charge in [-0.05, 0) is 44.0 Å². The fourth-order valence-corrected chi connectivity index (χ4v) is 3.93. The van der Waals surface area contributed by atoms with E-state index in [0.717, 1.165) is 22.3 Å². The number of aryl methyl sites for hydroxylation is 1. The number of hydrogen-bond acceptors (Lipinski definition) is 4. The van der Waals surface area contributed by atoms with Gasteiger partial charge >= 0.3 is 0 Å². The molecule has 1 saturated heterocycles. The Labute approximate surface area is 159 Å². The number of hydrogen-bond donors (Lipinski definition) is 1. The van der Waals surface area contributed by atoms with Crippen molar-refractivity contribution in [2.75, 3.05) is 26.3 Å². The Balaban J connectivity index is 1.70. The first kappa shape index (κ1) is 17.9. The lowest BCUT2D eigenvalue weighted by molar-refractivity contribution is -0.134. The average Bonchev–Trinajstić information content (AvgIpc) is 2.61. The molecule has 0 unspecified atom stereocenters. The first-order valence-electron chi connectivity index (χ1n) is 9.37. The van der Waals surface area contributed by atoms with Crippen molar-refractivity contribution in [2.45, 2.75) is 32.8 Å². The van der Waals surface area contributed by atoms with Crippen LogP contribution in [0.15, 0.2) is 30.3 Å². The molecule has 2 aromatic carbocycles. The van der Waals surface area contributed by atoms with Crippen molar-refractivity contribution in [3.05, 3.63) is 47.0 Å². The van der Waals surface area contributed by atoms with Crippen LogP contribution in [0.25, 0.3) is 11.1 Å². The minimum atomic E-state index is -0.505. The van der Waals surface area contributed by atoms with E-state index in [1.807, 2.05) is 31.7 Å². The van der Waals surface area contributed by atoms with E-state index in [-0.39, 0.29) is 18.1 Å².